The summed E-state index contributed by atoms with van der Waals surface area (Å²) < 4.78 is 0. The van der Waals surface area contributed by atoms with Gasteiger partial charge in [-0.05, 0) is 56.0 Å². The third kappa shape index (κ3) is 7.34. The van der Waals surface area contributed by atoms with Crippen molar-refractivity contribution in [2.24, 2.45) is 4.99 Å². The molecule has 1 aliphatic rings. The van der Waals surface area contributed by atoms with Gasteiger partial charge in [0.1, 0.15) is 0 Å². The summed E-state index contributed by atoms with van der Waals surface area (Å²) >= 11 is 0. The van der Waals surface area contributed by atoms with Crippen molar-refractivity contribution >= 4 is 11.9 Å². The molecule has 1 saturated heterocycles. The lowest BCUT2D eigenvalue weighted by Gasteiger charge is -2.32. The van der Waals surface area contributed by atoms with Crippen molar-refractivity contribution in [3.8, 4) is 0 Å². The summed E-state index contributed by atoms with van der Waals surface area (Å²) in [6, 6.07) is 14.3. The van der Waals surface area contributed by atoms with Crippen LogP contribution in [0.15, 0.2) is 53.7 Å². The minimum atomic E-state index is 0.0275. The van der Waals surface area contributed by atoms with Gasteiger partial charge in [-0.1, -0.05) is 18.2 Å². The van der Waals surface area contributed by atoms with E-state index in [-0.39, 0.29) is 5.91 Å². The highest BCUT2D eigenvalue weighted by Crippen LogP contribution is 2.13. The number of pyridine rings is 1. The van der Waals surface area contributed by atoms with E-state index in [1.807, 2.05) is 36.5 Å². The van der Waals surface area contributed by atoms with Crippen LogP contribution in [0.4, 0.5) is 0 Å². The fraction of sp³-hybridized carbons (Fsp3) is 0.480. The topological polar surface area (TPSA) is 72.9 Å². The second-order valence-corrected chi connectivity index (χ2v) is 8.43. The Balaban J connectivity index is 1.48. The molecule has 0 unspecified atom stereocenters. The summed E-state index contributed by atoms with van der Waals surface area (Å²) in [4.78, 5) is 25.5. The molecule has 1 aromatic carbocycles. The first kappa shape index (κ1) is 23.7. The Bertz CT molecular complexity index is 875. The Morgan fingerprint density at radius 3 is 2.69 bits per heavy atom. The SMILES string of the molecule is CCNC(=NCCc1cccc(C(=O)N(C)C)c1)NC1CCN(Cc2ccccn2)CC1. The van der Waals surface area contributed by atoms with Gasteiger partial charge in [0.25, 0.3) is 5.91 Å². The van der Waals surface area contributed by atoms with E-state index in [1.165, 1.54) is 0 Å². The second kappa shape index (κ2) is 12.2. The summed E-state index contributed by atoms with van der Waals surface area (Å²) in [6.45, 7) is 6.62. The number of nitrogens with zero attached hydrogens (tertiary/aromatic N) is 4. The first-order valence-corrected chi connectivity index (χ1v) is 11.5. The number of benzene rings is 1. The summed E-state index contributed by atoms with van der Waals surface area (Å²) in [7, 11) is 3.55. The van der Waals surface area contributed by atoms with E-state index in [1.54, 1.807) is 19.0 Å². The fourth-order valence-corrected chi connectivity index (χ4v) is 3.88. The first-order valence-electron chi connectivity index (χ1n) is 11.5. The summed E-state index contributed by atoms with van der Waals surface area (Å²) in [6.07, 6.45) is 4.84. The molecular weight excluding hydrogens is 400 g/mol. The Morgan fingerprint density at radius 1 is 1.19 bits per heavy atom. The largest absolute Gasteiger partial charge is 0.357 e. The van der Waals surface area contributed by atoms with Gasteiger partial charge in [-0.3, -0.25) is 19.7 Å². The molecule has 2 aromatic rings. The van der Waals surface area contributed by atoms with Crippen molar-refractivity contribution in [2.45, 2.75) is 38.8 Å². The van der Waals surface area contributed by atoms with Crippen molar-refractivity contribution < 1.29 is 4.79 Å². The minimum absolute atomic E-state index is 0.0275. The highest BCUT2D eigenvalue weighted by Gasteiger charge is 2.20. The van der Waals surface area contributed by atoms with Gasteiger partial charge >= 0.3 is 0 Å². The predicted octanol–water partition coefficient (Wildman–Crippen LogP) is 2.55. The number of amides is 1. The zero-order valence-electron chi connectivity index (χ0n) is 19.6. The number of guanidine groups is 1. The number of nitrogens with one attached hydrogen (secondary N) is 2. The number of hydrogen-bond acceptors (Lipinski definition) is 4. The monoisotopic (exact) mass is 436 g/mol. The highest BCUT2D eigenvalue weighted by molar-refractivity contribution is 5.94. The number of aromatic nitrogens is 1. The van der Waals surface area contributed by atoms with E-state index in [2.05, 4.69) is 39.6 Å². The minimum Gasteiger partial charge on any atom is -0.357 e. The molecule has 1 aliphatic heterocycles. The molecule has 2 N–H and O–H groups in total. The van der Waals surface area contributed by atoms with Crippen molar-refractivity contribution in [3.63, 3.8) is 0 Å². The molecule has 0 atom stereocenters. The van der Waals surface area contributed by atoms with Crippen LogP contribution >= 0.6 is 0 Å². The molecule has 7 nitrogen and oxygen atoms in total. The third-order valence-electron chi connectivity index (χ3n) is 5.63. The van der Waals surface area contributed by atoms with Crippen LogP contribution in [0.5, 0.6) is 0 Å². The van der Waals surface area contributed by atoms with Gasteiger partial charge in [0.05, 0.1) is 5.69 Å². The maximum absolute atomic E-state index is 12.2. The molecule has 1 amide bonds. The second-order valence-electron chi connectivity index (χ2n) is 8.43. The summed E-state index contributed by atoms with van der Waals surface area (Å²) in [5, 5.41) is 6.97. The van der Waals surface area contributed by atoms with E-state index in [9.17, 15) is 4.79 Å². The van der Waals surface area contributed by atoms with Crippen molar-refractivity contribution in [1.82, 2.24) is 25.4 Å². The van der Waals surface area contributed by atoms with E-state index >= 15 is 0 Å². The fourth-order valence-electron chi connectivity index (χ4n) is 3.88. The predicted molar refractivity (Wildman–Crippen MR) is 130 cm³/mol. The number of likely N-dealkylation sites (tertiary alicyclic amines) is 1. The summed E-state index contributed by atoms with van der Waals surface area (Å²) in [5.41, 5.74) is 2.98. The van der Waals surface area contributed by atoms with Gasteiger partial charge in [0.15, 0.2) is 5.96 Å². The zero-order chi connectivity index (χ0) is 22.8. The Labute approximate surface area is 191 Å². The first-order chi connectivity index (χ1) is 15.5. The van der Waals surface area contributed by atoms with Gasteiger partial charge in [0, 0.05) is 64.6 Å². The van der Waals surface area contributed by atoms with Gasteiger partial charge in [-0.25, -0.2) is 0 Å². The van der Waals surface area contributed by atoms with Crippen LogP contribution in [-0.2, 0) is 13.0 Å². The zero-order valence-corrected chi connectivity index (χ0v) is 19.6. The smallest absolute Gasteiger partial charge is 0.253 e. The van der Waals surface area contributed by atoms with Crippen molar-refractivity contribution in [3.05, 3.63) is 65.5 Å². The maximum atomic E-state index is 12.2. The molecule has 0 bridgehead atoms. The van der Waals surface area contributed by atoms with Gasteiger partial charge in [0.2, 0.25) is 0 Å². The van der Waals surface area contributed by atoms with E-state index in [4.69, 9.17) is 4.99 Å². The molecular formula is C25H36N6O. The number of hydrogen-bond donors (Lipinski definition) is 2. The lowest BCUT2D eigenvalue weighted by molar-refractivity contribution is 0.0827. The molecule has 0 spiro atoms. The standard InChI is InChI=1S/C25H36N6O/c1-4-26-25(28-15-11-20-8-7-9-21(18-20)24(32)30(2)3)29-22-12-16-31(17-13-22)19-23-10-5-6-14-27-23/h5-10,14,18,22H,4,11-13,15-17,19H2,1-3H3,(H2,26,28,29). The van der Waals surface area contributed by atoms with E-state index in [0.29, 0.717) is 12.6 Å². The lowest BCUT2D eigenvalue weighted by Crippen LogP contribution is -2.48. The van der Waals surface area contributed by atoms with Crippen molar-refractivity contribution in [2.75, 3.05) is 40.3 Å². The molecule has 32 heavy (non-hydrogen) atoms. The number of piperidine rings is 1. The van der Waals surface area contributed by atoms with Crippen molar-refractivity contribution in [1.29, 1.82) is 0 Å². The van der Waals surface area contributed by atoms with Crippen LogP contribution in [0.1, 0.15) is 41.4 Å². The Kier molecular flexibility index (Phi) is 9.04. The molecule has 0 saturated carbocycles. The molecule has 3 rings (SSSR count). The van der Waals surface area contributed by atoms with Crippen LogP contribution in [0, 0.1) is 0 Å². The van der Waals surface area contributed by atoms with Gasteiger partial charge in [-0.2, -0.15) is 0 Å². The number of carbonyl (C=O) groups excluding carboxylic acids is 1. The molecule has 172 valence electrons. The number of aliphatic imine (C=N–C) groups is 1. The Morgan fingerprint density at radius 2 is 2.00 bits per heavy atom. The lowest BCUT2D eigenvalue weighted by atomic mass is 10.0. The maximum Gasteiger partial charge on any atom is 0.253 e. The third-order valence-corrected chi connectivity index (χ3v) is 5.63. The van der Waals surface area contributed by atoms with Crippen LogP contribution in [0.25, 0.3) is 0 Å². The molecule has 0 aliphatic carbocycles. The molecule has 1 aromatic heterocycles. The Hall–Kier alpha value is -2.93. The molecule has 2 heterocycles. The quantitative estimate of drug-likeness (QED) is 0.492. The summed E-state index contributed by atoms with van der Waals surface area (Å²) in [5.74, 6) is 0.899. The van der Waals surface area contributed by atoms with Gasteiger partial charge in [-0.15, -0.1) is 0 Å². The average molecular weight is 437 g/mol. The van der Waals surface area contributed by atoms with E-state index < -0.39 is 0 Å². The molecule has 7 heteroatoms. The highest BCUT2D eigenvalue weighted by atomic mass is 16.2. The van der Waals surface area contributed by atoms with Crippen LogP contribution < -0.4 is 10.6 Å². The number of rotatable bonds is 8. The van der Waals surface area contributed by atoms with Crippen LogP contribution in [-0.4, -0.2) is 73.0 Å². The van der Waals surface area contributed by atoms with Crippen LogP contribution in [0.3, 0.4) is 0 Å². The molecule has 0 radical (unpaired) electrons. The number of carbonyl (C=O) groups is 1. The van der Waals surface area contributed by atoms with Gasteiger partial charge < -0.3 is 15.5 Å². The molecule has 1 fully saturated rings. The average Bonchev–Trinajstić information content (AvgIpc) is 2.81. The van der Waals surface area contributed by atoms with E-state index in [0.717, 1.165) is 68.2 Å². The van der Waals surface area contributed by atoms with Crippen LogP contribution in [0.2, 0.25) is 0 Å². The normalized spacial score (nSPS) is 15.4.